The van der Waals surface area contributed by atoms with Gasteiger partial charge < -0.3 is 5.32 Å². The summed E-state index contributed by atoms with van der Waals surface area (Å²) in [7, 11) is 0. The van der Waals surface area contributed by atoms with Crippen molar-refractivity contribution in [2.45, 2.75) is 68.0 Å². The van der Waals surface area contributed by atoms with Gasteiger partial charge in [-0.15, -0.1) is 0 Å². The van der Waals surface area contributed by atoms with Crippen LogP contribution in [0, 0.1) is 5.92 Å². The van der Waals surface area contributed by atoms with E-state index in [1.807, 2.05) is 0 Å². The predicted octanol–water partition coefficient (Wildman–Crippen LogP) is 5.82. The number of amides is 1. The molecule has 1 amide bonds. The van der Waals surface area contributed by atoms with Crippen molar-refractivity contribution in [2.75, 3.05) is 5.32 Å². The zero-order valence-electron chi connectivity index (χ0n) is 17.1. The van der Waals surface area contributed by atoms with Crippen molar-refractivity contribution >= 4 is 23.5 Å². The quantitative estimate of drug-likeness (QED) is 0.409. The molecular weight excluding hydrogens is 451 g/mol. The average molecular weight is 474 g/mol. The van der Waals surface area contributed by atoms with Crippen LogP contribution < -0.4 is 10.5 Å². The Kier molecular flexibility index (Phi) is 6.23. The lowest BCUT2D eigenvalue weighted by Gasteiger charge is -2.28. The fourth-order valence-electron chi connectivity index (χ4n) is 4.13. The summed E-state index contributed by atoms with van der Waals surface area (Å²) in [5.41, 5.74) is -1.42. The number of benzene rings is 1. The lowest BCUT2D eigenvalue weighted by atomic mass is 9.87. The summed E-state index contributed by atoms with van der Waals surface area (Å²) in [5.74, 6) is -4.29. The second-order valence-corrected chi connectivity index (χ2v) is 9.17. The molecule has 1 heterocycles. The number of halogens is 5. The van der Waals surface area contributed by atoms with Crippen LogP contribution in [0.3, 0.4) is 0 Å². The van der Waals surface area contributed by atoms with Gasteiger partial charge in [-0.25, -0.2) is 8.78 Å². The maximum absolute atomic E-state index is 14.1. The predicted molar refractivity (Wildman–Crippen MR) is 111 cm³/mol. The summed E-state index contributed by atoms with van der Waals surface area (Å²) in [6.07, 6.45) is -3.90. The van der Waals surface area contributed by atoms with Crippen molar-refractivity contribution in [3.8, 4) is 0 Å². The summed E-state index contributed by atoms with van der Waals surface area (Å²) >= 11 is 0.946. The van der Waals surface area contributed by atoms with Gasteiger partial charge in [0.15, 0.2) is 0 Å². The average Bonchev–Trinajstić information content (AvgIpc) is 3.49. The van der Waals surface area contributed by atoms with Crippen LogP contribution in [0.25, 0.3) is 0 Å². The van der Waals surface area contributed by atoms with Gasteiger partial charge in [-0.1, -0.05) is 6.07 Å². The lowest BCUT2D eigenvalue weighted by molar-refractivity contribution is -0.138. The molecular formula is C21H23F5N4OS. The number of hydrogen-bond acceptors (Lipinski definition) is 4. The molecule has 0 radical (unpaired) electrons. The molecule has 0 unspecified atom stereocenters. The first-order chi connectivity index (χ1) is 15.1. The van der Waals surface area contributed by atoms with Crippen molar-refractivity contribution < 1.29 is 26.7 Å². The Hall–Kier alpha value is -2.14. The number of carbonyl (C=O) groups is 1. The zero-order chi connectivity index (χ0) is 23.1. The highest BCUT2D eigenvalue weighted by Crippen LogP contribution is 2.47. The SMILES string of the molecule is NSc1cccc(NC(=O)c2c(C(F)(F)F)c(C3CC3)nn2CC2CCC(F)(F)CC2)c1. The fraction of sp³-hybridized carbons (Fsp3) is 0.524. The number of aromatic nitrogens is 2. The summed E-state index contributed by atoms with van der Waals surface area (Å²) in [6, 6.07) is 6.44. The third-order valence-corrected chi connectivity index (χ3v) is 6.46. The van der Waals surface area contributed by atoms with Crippen LogP contribution in [0.5, 0.6) is 0 Å². The molecule has 0 atom stereocenters. The maximum atomic E-state index is 14.1. The Bertz CT molecular complexity index is 993. The van der Waals surface area contributed by atoms with Crippen molar-refractivity contribution in [2.24, 2.45) is 11.1 Å². The van der Waals surface area contributed by atoms with Crippen molar-refractivity contribution in [3.63, 3.8) is 0 Å². The van der Waals surface area contributed by atoms with Crippen LogP contribution in [0.15, 0.2) is 29.2 Å². The second kappa shape index (κ2) is 8.66. The van der Waals surface area contributed by atoms with Gasteiger partial charge in [-0.05, 0) is 61.7 Å². The smallest absolute Gasteiger partial charge is 0.321 e. The first-order valence-electron chi connectivity index (χ1n) is 10.4. The standard InChI is InChI=1S/C21H23F5N4OS/c22-20(23)8-6-12(7-9-20)11-30-18(16(21(24,25)26)17(29-30)13-4-5-13)19(31)28-14-2-1-3-15(10-14)32-27/h1-3,10,12-13H,4-9,11,27H2,(H,28,31). The van der Waals surface area contributed by atoms with Gasteiger partial charge in [0.25, 0.3) is 5.91 Å². The van der Waals surface area contributed by atoms with E-state index in [-0.39, 0.29) is 49.8 Å². The molecule has 0 bridgehead atoms. The molecule has 1 aromatic heterocycles. The van der Waals surface area contributed by atoms with Gasteiger partial charge in [0.1, 0.15) is 11.3 Å². The Balaban J connectivity index is 1.68. The third-order valence-electron chi connectivity index (χ3n) is 5.94. The Labute approximate surface area is 186 Å². The first kappa shape index (κ1) is 23.0. The minimum atomic E-state index is -4.77. The maximum Gasteiger partial charge on any atom is 0.420 e. The molecule has 2 fully saturated rings. The van der Waals surface area contributed by atoms with E-state index in [2.05, 4.69) is 10.4 Å². The van der Waals surface area contributed by atoms with Gasteiger partial charge >= 0.3 is 6.18 Å². The molecule has 174 valence electrons. The van der Waals surface area contributed by atoms with Crippen LogP contribution >= 0.6 is 11.9 Å². The van der Waals surface area contributed by atoms with Crippen molar-refractivity contribution in [1.82, 2.24) is 9.78 Å². The highest BCUT2D eigenvalue weighted by Gasteiger charge is 2.46. The summed E-state index contributed by atoms with van der Waals surface area (Å²) in [6.45, 7) is -0.00662. The number of alkyl halides is 5. The normalized spacial score (nSPS) is 19.2. The molecule has 5 nitrogen and oxygen atoms in total. The third kappa shape index (κ3) is 5.09. The summed E-state index contributed by atoms with van der Waals surface area (Å²) in [5, 5.41) is 12.2. The topological polar surface area (TPSA) is 72.9 Å². The Morgan fingerprint density at radius 1 is 1.22 bits per heavy atom. The molecule has 2 aliphatic carbocycles. The first-order valence-corrected chi connectivity index (χ1v) is 11.3. The van der Waals surface area contributed by atoms with Gasteiger partial charge in [0.2, 0.25) is 5.92 Å². The number of carbonyl (C=O) groups excluding carboxylic acids is 1. The molecule has 0 aliphatic heterocycles. The fourth-order valence-corrected chi connectivity index (χ4v) is 4.48. The molecule has 32 heavy (non-hydrogen) atoms. The van der Waals surface area contributed by atoms with Gasteiger partial charge in [0, 0.05) is 35.9 Å². The highest BCUT2D eigenvalue weighted by molar-refractivity contribution is 7.97. The number of nitrogens with one attached hydrogen (secondary N) is 1. The highest BCUT2D eigenvalue weighted by atomic mass is 32.2. The van der Waals surface area contributed by atoms with Gasteiger partial charge in [0.05, 0.1) is 5.69 Å². The second-order valence-electron chi connectivity index (χ2n) is 8.46. The van der Waals surface area contributed by atoms with E-state index in [1.54, 1.807) is 24.3 Å². The van der Waals surface area contributed by atoms with Crippen LogP contribution in [0.4, 0.5) is 27.6 Å². The molecule has 4 rings (SSSR count). The molecule has 2 saturated carbocycles. The number of nitrogens with zero attached hydrogens (tertiary/aromatic N) is 2. The Morgan fingerprint density at radius 2 is 1.91 bits per heavy atom. The number of nitrogens with two attached hydrogens (primary N) is 1. The molecule has 3 N–H and O–H groups in total. The van der Waals surface area contributed by atoms with Crippen molar-refractivity contribution in [1.29, 1.82) is 0 Å². The lowest BCUT2D eigenvalue weighted by Crippen LogP contribution is -2.29. The van der Waals surface area contributed by atoms with Crippen LogP contribution in [0.1, 0.15) is 66.2 Å². The Morgan fingerprint density at radius 3 is 2.50 bits per heavy atom. The summed E-state index contributed by atoms with van der Waals surface area (Å²) < 4.78 is 70.3. The minimum absolute atomic E-state index is 0.00662. The van der Waals surface area contributed by atoms with Gasteiger partial charge in [-0.3, -0.25) is 14.6 Å². The molecule has 2 aliphatic rings. The van der Waals surface area contributed by atoms with E-state index in [0.717, 1.165) is 16.6 Å². The van der Waals surface area contributed by atoms with Crippen LogP contribution in [-0.2, 0) is 12.7 Å². The number of rotatable bonds is 6. The number of hydrogen-bond donors (Lipinski definition) is 2. The van der Waals surface area contributed by atoms with Crippen molar-refractivity contribution in [3.05, 3.63) is 41.2 Å². The largest absolute Gasteiger partial charge is 0.420 e. The molecule has 0 spiro atoms. The molecule has 11 heteroatoms. The molecule has 0 saturated heterocycles. The van der Waals surface area contributed by atoms with E-state index in [9.17, 15) is 26.7 Å². The van der Waals surface area contributed by atoms with Crippen LogP contribution in [0.2, 0.25) is 0 Å². The van der Waals surface area contributed by atoms with E-state index in [4.69, 9.17) is 5.14 Å². The van der Waals surface area contributed by atoms with E-state index >= 15 is 0 Å². The van der Waals surface area contributed by atoms with E-state index in [1.165, 1.54) is 0 Å². The molecule has 1 aromatic carbocycles. The minimum Gasteiger partial charge on any atom is -0.321 e. The van der Waals surface area contributed by atoms with Gasteiger partial charge in [-0.2, -0.15) is 18.3 Å². The van der Waals surface area contributed by atoms with E-state index in [0.29, 0.717) is 23.4 Å². The van der Waals surface area contributed by atoms with E-state index < -0.39 is 29.3 Å². The van der Waals surface area contributed by atoms with Crippen LogP contribution in [-0.4, -0.2) is 21.6 Å². The summed E-state index contributed by atoms with van der Waals surface area (Å²) in [4.78, 5) is 13.7. The zero-order valence-corrected chi connectivity index (χ0v) is 17.9. The monoisotopic (exact) mass is 474 g/mol. The molecule has 2 aromatic rings. The number of anilines is 1.